The molecule has 28 heavy (non-hydrogen) atoms. The molecule has 3 aromatic rings. The Morgan fingerprint density at radius 3 is 1.93 bits per heavy atom. The fourth-order valence-electron chi connectivity index (χ4n) is 2.49. The summed E-state index contributed by atoms with van der Waals surface area (Å²) in [5, 5.41) is 8.89. The molecular formula is C21H14F2O4S. The van der Waals surface area contributed by atoms with E-state index in [4.69, 9.17) is 5.11 Å². The number of benzene rings is 3. The molecule has 142 valence electrons. The van der Waals surface area contributed by atoms with Crippen molar-refractivity contribution >= 4 is 28.0 Å². The van der Waals surface area contributed by atoms with Crippen molar-refractivity contribution in [2.24, 2.45) is 0 Å². The standard InChI is InChI=1S/C21H14F2O4S/c22-17-8-5-15(20(23)13-17)4-1-14-2-9-18(10-3-14)28(26,27)19-11-6-16(7-12-19)21(24)25/h1-13H,(H,24,25). The average Bonchev–Trinajstić information content (AvgIpc) is 2.67. The van der Waals surface area contributed by atoms with E-state index in [0.717, 1.165) is 12.1 Å². The van der Waals surface area contributed by atoms with Crippen LogP contribution in [0.15, 0.2) is 76.5 Å². The minimum atomic E-state index is -3.80. The van der Waals surface area contributed by atoms with Crippen molar-refractivity contribution in [2.45, 2.75) is 9.79 Å². The molecule has 0 saturated carbocycles. The average molecular weight is 400 g/mol. The van der Waals surface area contributed by atoms with Crippen LogP contribution in [0.4, 0.5) is 8.78 Å². The van der Waals surface area contributed by atoms with Crippen molar-refractivity contribution < 1.29 is 27.1 Å². The van der Waals surface area contributed by atoms with Crippen LogP contribution in [0.25, 0.3) is 12.2 Å². The molecule has 0 radical (unpaired) electrons. The van der Waals surface area contributed by atoms with Crippen molar-refractivity contribution in [1.29, 1.82) is 0 Å². The second kappa shape index (κ2) is 7.74. The predicted molar refractivity (Wildman–Crippen MR) is 101 cm³/mol. The molecule has 7 heteroatoms. The lowest BCUT2D eigenvalue weighted by Gasteiger charge is -2.06. The highest BCUT2D eigenvalue weighted by Crippen LogP contribution is 2.22. The van der Waals surface area contributed by atoms with Gasteiger partial charge in [0, 0.05) is 11.6 Å². The molecule has 0 atom stereocenters. The van der Waals surface area contributed by atoms with E-state index in [9.17, 15) is 22.0 Å². The quantitative estimate of drug-likeness (QED) is 0.632. The molecule has 0 aliphatic rings. The molecule has 0 heterocycles. The van der Waals surface area contributed by atoms with Crippen molar-refractivity contribution in [3.63, 3.8) is 0 Å². The van der Waals surface area contributed by atoms with Crippen LogP contribution in [-0.2, 0) is 9.84 Å². The molecule has 4 nitrogen and oxygen atoms in total. The number of hydrogen-bond donors (Lipinski definition) is 1. The molecule has 3 aromatic carbocycles. The van der Waals surface area contributed by atoms with Crippen LogP contribution in [0.2, 0.25) is 0 Å². The third-order valence-electron chi connectivity index (χ3n) is 4.02. The van der Waals surface area contributed by atoms with Crippen LogP contribution >= 0.6 is 0 Å². The highest BCUT2D eigenvalue weighted by Gasteiger charge is 2.17. The summed E-state index contributed by atoms with van der Waals surface area (Å²) >= 11 is 0. The summed E-state index contributed by atoms with van der Waals surface area (Å²) in [4.78, 5) is 10.9. The van der Waals surface area contributed by atoms with Crippen molar-refractivity contribution in [3.8, 4) is 0 Å². The molecule has 3 rings (SSSR count). The molecule has 0 spiro atoms. The van der Waals surface area contributed by atoms with Gasteiger partial charge in [0.15, 0.2) is 0 Å². The smallest absolute Gasteiger partial charge is 0.335 e. The van der Waals surface area contributed by atoms with E-state index < -0.39 is 27.4 Å². The Morgan fingerprint density at radius 1 is 0.821 bits per heavy atom. The lowest BCUT2D eigenvalue weighted by atomic mass is 10.1. The third-order valence-corrected chi connectivity index (χ3v) is 5.81. The summed E-state index contributed by atoms with van der Waals surface area (Å²) in [7, 11) is -3.80. The van der Waals surface area contributed by atoms with Gasteiger partial charge in [0.2, 0.25) is 9.84 Å². The summed E-state index contributed by atoms with van der Waals surface area (Å²) in [5.74, 6) is -2.50. The topological polar surface area (TPSA) is 71.4 Å². The van der Waals surface area contributed by atoms with Gasteiger partial charge in [-0.05, 0) is 54.1 Å². The lowest BCUT2D eigenvalue weighted by molar-refractivity contribution is 0.0696. The molecule has 0 fully saturated rings. The van der Waals surface area contributed by atoms with Gasteiger partial charge >= 0.3 is 5.97 Å². The minimum absolute atomic E-state index is 0.00698. The first-order valence-corrected chi connectivity index (χ1v) is 9.57. The summed E-state index contributed by atoms with van der Waals surface area (Å²) < 4.78 is 51.8. The van der Waals surface area contributed by atoms with Gasteiger partial charge < -0.3 is 5.11 Å². The number of sulfone groups is 1. The second-order valence-electron chi connectivity index (χ2n) is 5.90. The summed E-state index contributed by atoms with van der Waals surface area (Å²) in [6.45, 7) is 0. The number of carboxylic acids is 1. The monoisotopic (exact) mass is 400 g/mol. The molecule has 1 N–H and O–H groups in total. The van der Waals surface area contributed by atoms with E-state index in [0.29, 0.717) is 5.56 Å². The number of hydrogen-bond acceptors (Lipinski definition) is 3. The van der Waals surface area contributed by atoms with Crippen LogP contribution in [0, 0.1) is 11.6 Å². The zero-order valence-electron chi connectivity index (χ0n) is 14.3. The Kier molecular flexibility index (Phi) is 5.37. The SMILES string of the molecule is O=C(O)c1ccc(S(=O)(=O)c2ccc(C=Cc3ccc(F)cc3F)cc2)cc1. The molecule has 0 saturated heterocycles. The fourth-order valence-corrected chi connectivity index (χ4v) is 3.75. The summed E-state index contributed by atoms with van der Waals surface area (Å²) in [5.41, 5.74) is 0.827. The Bertz CT molecular complexity index is 1150. The van der Waals surface area contributed by atoms with Gasteiger partial charge in [0.1, 0.15) is 11.6 Å². The number of rotatable bonds is 5. The van der Waals surface area contributed by atoms with Gasteiger partial charge in [-0.25, -0.2) is 22.0 Å². The highest BCUT2D eigenvalue weighted by atomic mass is 32.2. The normalized spacial score (nSPS) is 11.6. The van der Waals surface area contributed by atoms with Crippen LogP contribution in [0.1, 0.15) is 21.5 Å². The molecular weight excluding hydrogens is 386 g/mol. The Morgan fingerprint density at radius 2 is 1.39 bits per heavy atom. The van der Waals surface area contributed by atoms with E-state index in [-0.39, 0.29) is 20.9 Å². The van der Waals surface area contributed by atoms with Gasteiger partial charge in [0.05, 0.1) is 15.4 Å². The maximum Gasteiger partial charge on any atom is 0.335 e. The Labute approximate surface area is 160 Å². The Hall–Kier alpha value is -3.32. The third kappa shape index (κ3) is 4.15. The maximum atomic E-state index is 13.6. The van der Waals surface area contributed by atoms with Gasteiger partial charge in [-0.3, -0.25) is 0 Å². The summed E-state index contributed by atoms with van der Waals surface area (Å²) in [6, 6.07) is 14.1. The van der Waals surface area contributed by atoms with Crippen LogP contribution in [-0.4, -0.2) is 19.5 Å². The zero-order valence-corrected chi connectivity index (χ0v) is 15.2. The van der Waals surface area contributed by atoms with Gasteiger partial charge in [-0.1, -0.05) is 24.3 Å². The fraction of sp³-hybridized carbons (Fsp3) is 0. The Balaban J connectivity index is 1.83. The van der Waals surface area contributed by atoms with Crippen LogP contribution in [0.3, 0.4) is 0 Å². The molecule has 0 unspecified atom stereocenters. The maximum absolute atomic E-state index is 13.6. The lowest BCUT2D eigenvalue weighted by Crippen LogP contribution is -2.03. The van der Waals surface area contributed by atoms with Crippen LogP contribution < -0.4 is 0 Å². The van der Waals surface area contributed by atoms with Crippen LogP contribution in [0.5, 0.6) is 0 Å². The largest absolute Gasteiger partial charge is 0.478 e. The molecule has 0 amide bonds. The highest BCUT2D eigenvalue weighted by molar-refractivity contribution is 7.91. The zero-order chi connectivity index (χ0) is 20.3. The minimum Gasteiger partial charge on any atom is -0.478 e. The molecule has 0 bridgehead atoms. The summed E-state index contributed by atoms with van der Waals surface area (Å²) in [6.07, 6.45) is 3.04. The number of carboxylic acid groups (broad SMARTS) is 1. The van der Waals surface area contributed by atoms with E-state index in [1.807, 2.05) is 0 Å². The first-order chi connectivity index (χ1) is 13.3. The van der Waals surface area contributed by atoms with Gasteiger partial charge in [0.25, 0.3) is 0 Å². The van der Waals surface area contributed by atoms with E-state index in [2.05, 4.69) is 0 Å². The van der Waals surface area contributed by atoms with E-state index in [1.165, 1.54) is 48.5 Å². The second-order valence-corrected chi connectivity index (χ2v) is 7.85. The van der Waals surface area contributed by atoms with Gasteiger partial charge in [-0.2, -0.15) is 0 Å². The number of aromatic carboxylic acids is 1. The number of carbonyl (C=O) groups is 1. The van der Waals surface area contributed by atoms with E-state index >= 15 is 0 Å². The van der Waals surface area contributed by atoms with Crippen molar-refractivity contribution in [1.82, 2.24) is 0 Å². The first kappa shape index (κ1) is 19.4. The first-order valence-electron chi connectivity index (χ1n) is 8.09. The molecule has 0 aliphatic carbocycles. The predicted octanol–water partition coefficient (Wildman–Crippen LogP) is 4.67. The van der Waals surface area contributed by atoms with Gasteiger partial charge in [-0.15, -0.1) is 0 Å². The van der Waals surface area contributed by atoms with Crippen molar-refractivity contribution in [2.75, 3.05) is 0 Å². The van der Waals surface area contributed by atoms with E-state index in [1.54, 1.807) is 18.2 Å². The van der Waals surface area contributed by atoms with Crippen molar-refractivity contribution in [3.05, 3.63) is 95.1 Å². The molecule has 0 aliphatic heterocycles. The number of halogens is 2. The molecule has 0 aromatic heterocycles.